The summed E-state index contributed by atoms with van der Waals surface area (Å²) in [6, 6.07) is 4.04. The van der Waals surface area contributed by atoms with Gasteiger partial charge >= 0.3 is 0 Å². The van der Waals surface area contributed by atoms with Crippen LogP contribution in [-0.2, 0) is 4.79 Å². The first-order valence-corrected chi connectivity index (χ1v) is 7.30. The summed E-state index contributed by atoms with van der Waals surface area (Å²) < 4.78 is 5.61. The van der Waals surface area contributed by atoms with Gasteiger partial charge in [0.05, 0.1) is 18.3 Å². The zero-order valence-electron chi connectivity index (χ0n) is 12.2. The molecule has 0 aromatic carbocycles. The molecule has 5 heteroatoms. The van der Waals surface area contributed by atoms with Crippen molar-refractivity contribution in [3.05, 3.63) is 18.3 Å². The zero-order chi connectivity index (χ0) is 14.4. The molecule has 1 aliphatic rings. The third kappa shape index (κ3) is 4.40. The zero-order valence-corrected chi connectivity index (χ0v) is 12.2. The van der Waals surface area contributed by atoms with Crippen LogP contribution in [0.3, 0.4) is 0 Å². The number of rotatable bonds is 6. The molecule has 110 valence electrons. The number of carbonyl (C=O) groups is 1. The molecule has 1 amide bonds. The third-order valence-corrected chi connectivity index (χ3v) is 3.28. The van der Waals surface area contributed by atoms with E-state index in [4.69, 9.17) is 4.74 Å². The van der Waals surface area contributed by atoms with Gasteiger partial charge in [0.15, 0.2) is 0 Å². The van der Waals surface area contributed by atoms with Gasteiger partial charge in [-0.25, -0.2) is 4.98 Å². The smallest absolute Gasteiger partial charge is 0.239 e. The van der Waals surface area contributed by atoms with Gasteiger partial charge in [-0.2, -0.15) is 0 Å². The molecule has 0 bridgehead atoms. The molecule has 1 aliphatic carbocycles. The van der Waals surface area contributed by atoms with Crippen molar-refractivity contribution in [2.75, 3.05) is 11.9 Å². The van der Waals surface area contributed by atoms with Gasteiger partial charge in [0.25, 0.3) is 0 Å². The molecule has 0 spiro atoms. The average molecular weight is 277 g/mol. The molecule has 1 fully saturated rings. The van der Waals surface area contributed by atoms with Gasteiger partial charge in [-0.15, -0.1) is 0 Å². The number of hydrogen-bond donors (Lipinski definition) is 2. The van der Waals surface area contributed by atoms with Crippen molar-refractivity contribution < 1.29 is 9.53 Å². The number of nitrogens with zero attached hydrogens (tertiary/aromatic N) is 1. The van der Waals surface area contributed by atoms with Crippen molar-refractivity contribution in [2.45, 2.75) is 51.7 Å². The van der Waals surface area contributed by atoms with E-state index in [0.29, 0.717) is 11.9 Å². The summed E-state index contributed by atoms with van der Waals surface area (Å²) in [5.74, 6) is 0.562. The Kier molecular flexibility index (Phi) is 5.21. The van der Waals surface area contributed by atoms with E-state index < -0.39 is 0 Å². The molecule has 5 nitrogen and oxygen atoms in total. The first kappa shape index (κ1) is 14.6. The third-order valence-electron chi connectivity index (χ3n) is 3.28. The van der Waals surface area contributed by atoms with Crippen LogP contribution in [0.1, 0.15) is 39.5 Å². The van der Waals surface area contributed by atoms with Gasteiger partial charge in [0, 0.05) is 12.2 Å². The van der Waals surface area contributed by atoms with E-state index in [0.717, 1.165) is 18.5 Å². The monoisotopic (exact) mass is 277 g/mol. The average Bonchev–Trinajstić information content (AvgIpc) is 2.90. The van der Waals surface area contributed by atoms with Crippen LogP contribution in [0.2, 0.25) is 0 Å². The van der Waals surface area contributed by atoms with E-state index in [1.165, 1.54) is 12.8 Å². The van der Waals surface area contributed by atoms with Crippen LogP contribution in [0.25, 0.3) is 0 Å². The lowest BCUT2D eigenvalue weighted by Gasteiger charge is -2.15. The topological polar surface area (TPSA) is 63.2 Å². The minimum absolute atomic E-state index is 0.0243. The predicted molar refractivity (Wildman–Crippen MR) is 78.9 cm³/mol. The Bertz CT molecular complexity index is 442. The Morgan fingerprint density at radius 3 is 2.90 bits per heavy atom. The molecule has 1 saturated carbocycles. The molecule has 0 atom stereocenters. The van der Waals surface area contributed by atoms with Gasteiger partial charge < -0.3 is 15.4 Å². The van der Waals surface area contributed by atoms with Gasteiger partial charge in [-0.1, -0.05) is 12.8 Å². The fourth-order valence-corrected chi connectivity index (χ4v) is 2.37. The Hall–Kier alpha value is -1.78. The Morgan fingerprint density at radius 1 is 1.45 bits per heavy atom. The van der Waals surface area contributed by atoms with E-state index in [-0.39, 0.29) is 18.6 Å². The lowest BCUT2D eigenvalue weighted by molar-refractivity contribution is -0.120. The number of ether oxygens (including phenoxy) is 1. The van der Waals surface area contributed by atoms with Crippen molar-refractivity contribution in [2.24, 2.45) is 0 Å². The van der Waals surface area contributed by atoms with Gasteiger partial charge in [0.2, 0.25) is 11.8 Å². The standard InChI is InChI=1S/C15H23N3O2/c1-11(2)20-15-13(8-5-9-16-15)17-10-14(19)18-12-6-3-4-7-12/h5,8-9,11-12,17H,3-4,6-7,10H2,1-2H3,(H,18,19). The first-order chi connectivity index (χ1) is 9.65. The van der Waals surface area contributed by atoms with Crippen molar-refractivity contribution in [3.63, 3.8) is 0 Å². The van der Waals surface area contributed by atoms with E-state index in [1.807, 2.05) is 26.0 Å². The second kappa shape index (κ2) is 7.12. The SMILES string of the molecule is CC(C)Oc1ncccc1NCC(=O)NC1CCCC1. The summed E-state index contributed by atoms with van der Waals surface area (Å²) in [5, 5.41) is 6.14. The van der Waals surface area contributed by atoms with Gasteiger partial charge in [-0.3, -0.25) is 4.79 Å². The van der Waals surface area contributed by atoms with Crippen molar-refractivity contribution >= 4 is 11.6 Å². The van der Waals surface area contributed by atoms with Gasteiger partial charge in [0.1, 0.15) is 0 Å². The van der Waals surface area contributed by atoms with Crippen LogP contribution >= 0.6 is 0 Å². The van der Waals surface area contributed by atoms with Crippen molar-refractivity contribution in [1.82, 2.24) is 10.3 Å². The van der Waals surface area contributed by atoms with Crippen LogP contribution in [0.15, 0.2) is 18.3 Å². The minimum Gasteiger partial charge on any atom is -0.473 e. The van der Waals surface area contributed by atoms with E-state index in [9.17, 15) is 4.79 Å². The first-order valence-electron chi connectivity index (χ1n) is 7.30. The van der Waals surface area contributed by atoms with Crippen molar-refractivity contribution in [3.8, 4) is 5.88 Å². The van der Waals surface area contributed by atoms with Crippen LogP contribution < -0.4 is 15.4 Å². The molecular weight excluding hydrogens is 254 g/mol. The number of anilines is 1. The number of aromatic nitrogens is 1. The summed E-state index contributed by atoms with van der Waals surface area (Å²) in [7, 11) is 0. The highest BCUT2D eigenvalue weighted by atomic mass is 16.5. The maximum Gasteiger partial charge on any atom is 0.239 e. The maximum atomic E-state index is 11.9. The highest BCUT2D eigenvalue weighted by Crippen LogP contribution is 2.21. The van der Waals surface area contributed by atoms with Crippen LogP contribution in [0.4, 0.5) is 5.69 Å². The molecule has 0 unspecified atom stereocenters. The van der Waals surface area contributed by atoms with Crippen LogP contribution in [0.5, 0.6) is 5.88 Å². The quantitative estimate of drug-likeness (QED) is 0.837. The lowest BCUT2D eigenvalue weighted by Crippen LogP contribution is -2.36. The molecular formula is C15H23N3O2. The highest BCUT2D eigenvalue weighted by molar-refractivity contribution is 5.81. The minimum atomic E-state index is 0.0243. The Morgan fingerprint density at radius 2 is 2.20 bits per heavy atom. The molecule has 1 aromatic rings. The molecule has 0 aliphatic heterocycles. The summed E-state index contributed by atoms with van der Waals surface area (Å²) in [6.07, 6.45) is 6.36. The van der Waals surface area contributed by atoms with Crippen LogP contribution in [-0.4, -0.2) is 29.6 Å². The normalized spacial score (nSPS) is 15.3. The lowest BCUT2D eigenvalue weighted by atomic mass is 10.2. The molecule has 0 radical (unpaired) electrons. The maximum absolute atomic E-state index is 11.9. The Labute approximate surface area is 120 Å². The number of pyridine rings is 1. The number of hydrogen-bond acceptors (Lipinski definition) is 4. The molecule has 20 heavy (non-hydrogen) atoms. The number of carbonyl (C=O) groups excluding carboxylic acids is 1. The van der Waals surface area contributed by atoms with Crippen molar-refractivity contribution in [1.29, 1.82) is 0 Å². The molecule has 2 N–H and O–H groups in total. The summed E-state index contributed by atoms with van der Waals surface area (Å²) in [4.78, 5) is 16.1. The van der Waals surface area contributed by atoms with Crippen LogP contribution in [0, 0.1) is 0 Å². The van der Waals surface area contributed by atoms with E-state index >= 15 is 0 Å². The fourth-order valence-electron chi connectivity index (χ4n) is 2.37. The number of amides is 1. The molecule has 0 saturated heterocycles. The molecule has 1 aromatic heterocycles. The molecule has 2 rings (SSSR count). The summed E-state index contributed by atoms with van der Waals surface area (Å²) >= 11 is 0. The second-order valence-electron chi connectivity index (χ2n) is 5.43. The fraction of sp³-hybridized carbons (Fsp3) is 0.600. The summed E-state index contributed by atoms with van der Waals surface area (Å²) in [6.45, 7) is 4.15. The Balaban J connectivity index is 1.84. The van der Waals surface area contributed by atoms with Gasteiger partial charge in [-0.05, 0) is 38.8 Å². The van der Waals surface area contributed by atoms with E-state index in [1.54, 1.807) is 6.20 Å². The molecule has 1 heterocycles. The summed E-state index contributed by atoms with van der Waals surface area (Å²) in [5.41, 5.74) is 0.753. The number of nitrogens with one attached hydrogen (secondary N) is 2. The highest BCUT2D eigenvalue weighted by Gasteiger charge is 2.17. The largest absolute Gasteiger partial charge is 0.473 e. The second-order valence-corrected chi connectivity index (χ2v) is 5.43. The van der Waals surface area contributed by atoms with E-state index in [2.05, 4.69) is 15.6 Å². The predicted octanol–water partition coefficient (Wildman–Crippen LogP) is 2.34.